The van der Waals surface area contributed by atoms with E-state index in [4.69, 9.17) is 9.84 Å². The van der Waals surface area contributed by atoms with E-state index in [1.165, 1.54) is 7.05 Å². The van der Waals surface area contributed by atoms with Gasteiger partial charge < -0.3 is 15.2 Å². The Morgan fingerprint density at radius 2 is 1.95 bits per heavy atom. The van der Waals surface area contributed by atoms with Crippen LogP contribution in [0.15, 0.2) is 24.3 Å². The Balaban J connectivity index is 2.36. The lowest BCUT2D eigenvalue weighted by molar-refractivity contribution is -0.207. The third-order valence-electron chi connectivity index (χ3n) is 2.92. The molecule has 1 atom stereocenters. The predicted molar refractivity (Wildman–Crippen MR) is 74.4 cm³/mol. The quantitative estimate of drug-likeness (QED) is 0.792. The lowest BCUT2D eigenvalue weighted by Gasteiger charge is -2.21. The molecule has 0 spiro atoms. The van der Waals surface area contributed by atoms with E-state index in [9.17, 15) is 18.0 Å². The van der Waals surface area contributed by atoms with Gasteiger partial charge >= 0.3 is 6.18 Å². The van der Waals surface area contributed by atoms with Gasteiger partial charge in [0.2, 0.25) is 5.91 Å². The van der Waals surface area contributed by atoms with Crippen molar-refractivity contribution >= 4 is 5.91 Å². The van der Waals surface area contributed by atoms with Gasteiger partial charge in [-0.25, -0.2) is 0 Å². The highest BCUT2D eigenvalue weighted by molar-refractivity contribution is 5.77. The van der Waals surface area contributed by atoms with Crippen LogP contribution in [0.3, 0.4) is 0 Å². The lowest BCUT2D eigenvalue weighted by Crippen LogP contribution is -2.43. The summed E-state index contributed by atoms with van der Waals surface area (Å²) in [5.74, 6) is 0.267. The van der Waals surface area contributed by atoms with Gasteiger partial charge in [-0.15, -0.1) is 0 Å². The number of aliphatic hydroxyl groups excluding tert-OH is 1. The van der Waals surface area contributed by atoms with Crippen molar-refractivity contribution in [2.75, 3.05) is 27.2 Å². The molecule has 0 saturated carbocycles. The molecule has 0 aliphatic heterocycles. The van der Waals surface area contributed by atoms with Gasteiger partial charge in [0.1, 0.15) is 5.75 Å². The number of hydrogen-bond donors (Lipinski definition) is 2. The Morgan fingerprint density at radius 1 is 1.36 bits per heavy atom. The number of nitrogens with one attached hydrogen (secondary N) is 1. The topological polar surface area (TPSA) is 61.8 Å². The van der Waals surface area contributed by atoms with Gasteiger partial charge in [-0.3, -0.25) is 9.69 Å². The van der Waals surface area contributed by atoms with Crippen molar-refractivity contribution in [3.05, 3.63) is 29.8 Å². The van der Waals surface area contributed by atoms with Crippen LogP contribution in [0.1, 0.15) is 5.56 Å². The minimum absolute atomic E-state index is 0.233. The van der Waals surface area contributed by atoms with Gasteiger partial charge in [0.05, 0.1) is 13.7 Å². The van der Waals surface area contributed by atoms with Crippen molar-refractivity contribution in [1.82, 2.24) is 10.2 Å². The summed E-state index contributed by atoms with van der Waals surface area (Å²) >= 11 is 0. The molecule has 0 saturated heterocycles. The van der Waals surface area contributed by atoms with Crippen LogP contribution in [0, 0.1) is 0 Å². The maximum atomic E-state index is 12.2. The molecule has 5 nitrogen and oxygen atoms in total. The number of methoxy groups -OCH3 is 1. The molecule has 1 unspecified atom stereocenters. The van der Waals surface area contributed by atoms with Gasteiger partial charge in [-0.1, -0.05) is 12.1 Å². The fourth-order valence-electron chi connectivity index (χ4n) is 1.71. The van der Waals surface area contributed by atoms with Crippen LogP contribution < -0.4 is 10.1 Å². The van der Waals surface area contributed by atoms with Gasteiger partial charge in [0.25, 0.3) is 0 Å². The smallest absolute Gasteiger partial charge is 0.415 e. The summed E-state index contributed by atoms with van der Waals surface area (Å²) in [5, 5.41) is 11.5. The fourth-order valence-corrected chi connectivity index (χ4v) is 1.71. The molecule has 1 aromatic rings. The molecule has 0 aliphatic rings. The van der Waals surface area contributed by atoms with Crippen molar-refractivity contribution in [2.24, 2.45) is 0 Å². The van der Waals surface area contributed by atoms with Gasteiger partial charge in [-0.05, 0) is 24.7 Å². The number of amides is 1. The first-order valence-electron chi connectivity index (χ1n) is 6.55. The highest BCUT2D eigenvalue weighted by Gasteiger charge is 2.38. The summed E-state index contributed by atoms with van der Waals surface area (Å²) in [7, 11) is 2.88. The third-order valence-corrected chi connectivity index (χ3v) is 2.92. The summed E-state index contributed by atoms with van der Waals surface area (Å²) in [5.41, 5.74) is 0.840. The molecule has 1 aromatic carbocycles. The number of carbonyl (C=O) groups is 1. The Labute approximate surface area is 126 Å². The molecule has 0 aliphatic carbocycles. The zero-order chi connectivity index (χ0) is 16.8. The molecule has 22 heavy (non-hydrogen) atoms. The average molecular weight is 320 g/mol. The normalized spacial score (nSPS) is 13.0. The molecule has 1 rings (SSSR count). The molecule has 124 valence electrons. The van der Waals surface area contributed by atoms with Crippen LogP contribution in [0.25, 0.3) is 0 Å². The minimum atomic E-state index is -4.69. The van der Waals surface area contributed by atoms with Gasteiger partial charge in [0, 0.05) is 13.1 Å². The van der Waals surface area contributed by atoms with Crippen LogP contribution in [0.4, 0.5) is 13.2 Å². The van der Waals surface area contributed by atoms with Crippen molar-refractivity contribution in [3.8, 4) is 5.75 Å². The number of benzene rings is 1. The fraction of sp³-hybridized carbons (Fsp3) is 0.500. The molecule has 2 N–H and O–H groups in total. The zero-order valence-corrected chi connectivity index (χ0v) is 12.4. The number of halogens is 3. The largest absolute Gasteiger partial charge is 0.497 e. The highest BCUT2D eigenvalue weighted by atomic mass is 19.4. The van der Waals surface area contributed by atoms with E-state index in [2.05, 4.69) is 5.32 Å². The van der Waals surface area contributed by atoms with E-state index in [-0.39, 0.29) is 13.1 Å². The van der Waals surface area contributed by atoms with Crippen molar-refractivity contribution in [3.63, 3.8) is 0 Å². The summed E-state index contributed by atoms with van der Waals surface area (Å²) in [6.07, 6.45) is -7.15. The Morgan fingerprint density at radius 3 is 2.45 bits per heavy atom. The van der Waals surface area contributed by atoms with Crippen molar-refractivity contribution in [1.29, 1.82) is 0 Å². The number of aliphatic hydroxyl groups is 1. The molecule has 0 aromatic heterocycles. The van der Waals surface area contributed by atoms with Crippen LogP contribution in [-0.2, 0) is 11.3 Å². The third kappa shape index (κ3) is 6.31. The molecular formula is C14H19F3N2O3. The van der Waals surface area contributed by atoms with Crippen LogP contribution >= 0.6 is 0 Å². The summed E-state index contributed by atoms with van der Waals surface area (Å²) in [6.45, 7) is -0.624. The Hall–Kier alpha value is -1.80. The summed E-state index contributed by atoms with van der Waals surface area (Å²) in [4.78, 5) is 12.8. The summed E-state index contributed by atoms with van der Waals surface area (Å²) in [6, 6.07) is 7.03. The second-order valence-electron chi connectivity index (χ2n) is 4.88. The SMILES string of the molecule is COc1ccc(CNC(=O)CN(C)CC(O)C(F)(F)F)cc1. The molecule has 1 amide bonds. The predicted octanol–water partition coefficient (Wildman–Crippen LogP) is 1.17. The lowest BCUT2D eigenvalue weighted by atomic mass is 10.2. The van der Waals surface area contributed by atoms with E-state index in [1.54, 1.807) is 31.4 Å². The van der Waals surface area contributed by atoms with Crippen LogP contribution in [0.2, 0.25) is 0 Å². The van der Waals surface area contributed by atoms with E-state index in [0.717, 1.165) is 10.5 Å². The summed E-state index contributed by atoms with van der Waals surface area (Å²) < 4.78 is 41.6. The molecular weight excluding hydrogens is 301 g/mol. The van der Waals surface area contributed by atoms with Crippen molar-refractivity contribution < 1.29 is 27.8 Å². The van der Waals surface area contributed by atoms with Gasteiger partial charge in [-0.2, -0.15) is 13.2 Å². The first-order valence-corrected chi connectivity index (χ1v) is 6.55. The number of carbonyl (C=O) groups excluding carboxylic acids is 1. The molecule has 0 bridgehead atoms. The molecule has 0 heterocycles. The van der Waals surface area contributed by atoms with E-state index < -0.39 is 24.7 Å². The maximum Gasteiger partial charge on any atom is 0.415 e. The second-order valence-corrected chi connectivity index (χ2v) is 4.88. The van der Waals surface area contributed by atoms with E-state index in [1.807, 2.05) is 0 Å². The van der Waals surface area contributed by atoms with Crippen LogP contribution in [0.5, 0.6) is 5.75 Å². The van der Waals surface area contributed by atoms with Gasteiger partial charge in [0.15, 0.2) is 6.10 Å². The standard InChI is InChI=1S/C14H19F3N2O3/c1-19(8-12(20)14(15,16)17)9-13(21)18-7-10-3-5-11(22-2)6-4-10/h3-6,12,20H,7-9H2,1-2H3,(H,18,21). The number of likely N-dealkylation sites (N-methyl/N-ethyl adjacent to an activating group) is 1. The number of hydrogen-bond acceptors (Lipinski definition) is 4. The zero-order valence-electron chi connectivity index (χ0n) is 12.4. The first-order chi connectivity index (χ1) is 10.2. The number of alkyl halides is 3. The Kier molecular flexibility index (Phi) is 6.63. The number of nitrogens with zero attached hydrogens (tertiary/aromatic N) is 1. The van der Waals surface area contributed by atoms with Crippen molar-refractivity contribution in [2.45, 2.75) is 18.8 Å². The van der Waals surface area contributed by atoms with Crippen LogP contribution in [-0.4, -0.2) is 55.4 Å². The second kappa shape index (κ2) is 8.00. The minimum Gasteiger partial charge on any atom is -0.497 e. The average Bonchev–Trinajstić information content (AvgIpc) is 2.44. The van der Waals surface area contributed by atoms with E-state index >= 15 is 0 Å². The number of rotatable bonds is 7. The monoisotopic (exact) mass is 320 g/mol. The molecule has 8 heteroatoms. The maximum absolute atomic E-state index is 12.2. The van der Waals surface area contributed by atoms with E-state index in [0.29, 0.717) is 5.75 Å². The molecule has 0 radical (unpaired) electrons. The number of ether oxygens (including phenoxy) is 1. The molecule has 0 fully saturated rings. The Bertz CT molecular complexity index is 477. The highest BCUT2D eigenvalue weighted by Crippen LogP contribution is 2.20. The first kappa shape index (κ1) is 18.2.